The second-order valence-electron chi connectivity index (χ2n) is 11.5. The molecule has 0 aromatic rings. The van der Waals surface area contributed by atoms with Crippen LogP contribution in [0.25, 0.3) is 0 Å². The van der Waals surface area contributed by atoms with Crippen molar-refractivity contribution in [2.45, 2.75) is 180 Å². The van der Waals surface area contributed by atoms with E-state index in [0.29, 0.717) is 6.42 Å². The molecule has 4 N–H and O–H groups in total. The second kappa shape index (κ2) is 28.4. The third-order valence-corrected chi connectivity index (χ3v) is 7.98. The molecule has 8 heteroatoms. The lowest BCUT2D eigenvalue weighted by molar-refractivity contribution is -0.123. The lowest BCUT2D eigenvalue weighted by atomic mass is 10.0. The molecule has 0 aliphatic carbocycles. The molecule has 238 valence electrons. The van der Waals surface area contributed by atoms with Crippen LogP contribution in [-0.2, 0) is 13.9 Å². The van der Waals surface area contributed by atoms with Crippen molar-refractivity contribution in [1.82, 2.24) is 5.32 Å². The maximum Gasteiger partial charge on any atom is 0.469 e. The van der Waals surface area contributed by atoms with Crippen molar-refractivity contribution in [3.05, 3.63) is 12.2 Å². The maximum absolute atomic E-state index is 12.4. The first-order chi connectivity index (χ1) is 19.3. The Morgan fingerprint density at radius 1 is 0.700 bits per heavy atom. The van der Waals surface area contributed by atoms with Crippen molar-refractivity contribution in [3.63, 3.8) is 0 Å². The van der Waals surface area contributed by atoms with Crippen LogP contribution in [0.3, 0.4) is 0 Å². The smallest absolute Gasteiger partial charge is 0.387 e. The van der Waals surface area contributed by atoms with E-state index in [-0.39, 0.29) is 5.91 Å². The Labute approximate surface area is 246 Å². The SMILES string of the molecule is CCCCCCCCCCCCCCCCC/C=C/[C@@H](O)[C@H](COP(=O)(O)O)NC(=O)CCCCCCCCC. The van der Waals surface area contributed by atoms with Gasteiger partial charge >= 0.3 is 7.82 Å². The van der Waals surface area contributed by atoms with E-state index < -0.39 is 26.6 Å². The van der Waals surface area contributed by atoms with E-state index in [1.54, 1.807) is 6.08 Å². The minimum atomic E-state index is -4.69. The number of amides is 1. The van der Waals surface area contributed by atoms with E-state index >= 15 is 0 Å². The van der Waals surface area contributed by atoms with Crippen LogP contribution in [0.5, 0.6) is 0 Å². The van der Waals surface area contributed by atoms with Gasteiger partial charge in [0.25, 0.3) is 0 Å². The van der Waals surface area contributed by atoms with E-state index in [1.165, 1.54) is 109 Å². The molecule has 1 amide bonds. The monoisotopic (exact) mass is 589 g/mol. The molecule has 40 heavy (non-hydrogen) atoms. The van der Waals surface area contributed by atoms with Gasteiger partial charge in [0.1, 0.15) is 0 Å². The summed E-state index contributed by atoms with van der Waals surface area (Å²) in [7, 11) is -4.69. The third-order valence-electron chi connectivity index (χ3n) is 7.50. The van der Waals surface area contributed by atoms with Crippen LogP contribution >= 0.6 is 7.82 Å². The number of rotatable bonds is 30. The topological polar surface area (TPSA) is 116 Å². The van der Waals surface area contributed by atoms with Crippen LogP contribution in [0.1, 0.15) is 168 Å². The molecule has 0 aliphatic rings. The van der Waals surface area contributed by atoms with Gasteiger partial charge in [0, 0.05) is 6.42 Å². The quantitative estimate of drug-likeness (QED) is 0.0378. The standard InChI is InChI=1S/C32H64NO6P/c1-3-5-7-9-11-12-13-14-15-16-17-18-19-20-22-23-25-27-31(34)30(29-39-40(36,37)38)33-32(35)28-26-24-21-10-8-6-4-2/h25,27,30-31,34H,3-24,26,28-29H2,1-2H3,(H,33,35)(H2,36,37,38)/b27-25+/t30-,31+/m0/s1. The summed E-state index contributed by atoms with van der Waals surface area (Å²) in [5.74, 6) is -0.234. The number of aliphatic hydroxyl groups excluding tert-OH is 1. The summed E-state index contributed by atoms with van der Waals surface area (Å²) in [5.41, 5.74) is 0. The highest BCUT2D eigenvalue weighted by Gasteiger charge is 2.24. The van der Waals surface area contributed by atoms with E-state index in [1.807, 2.05) is 6.08 Å². The number of aliphatic hydroxyl groups is 1. The van der Waals surface area contributed by atoms with Crippen molar-refractivity contribution in [1.29, 1.82) is 0 Å². The molecule has 0 radical (unpaired) electrons. The Kier molecular flexibility index (Phi) is 27.9. The average molecular weight is 590 g/mol. The van der Waals surface area contributed by atoms with Crippen LogP contribution in [0.4, 0.5) is 0 Å². The molecule has 7 nitrogen and oxygen atoms in total. The predicted molar refractivity (Wildman–Crippen MR) is 167 cm³/mol. The van der Waals surface area contributed by atoms with E-state index in [2.05, 4.69) is 23.7 Å². The first-order valence-corrected chi connectivity index (χ1v) is 18.2. The van der Waals surface area contributed by atoms with Crippen LogP contribution in [0, 0.1) is 0 Å². The van der Waals surface area contributed by atoms with Crippen LogP contribution in [0.15, 0.2) is 12.2 Å². The van der Waals surface area contributed by atoms with Crippen molar-refractivity contribution in [3.8, 4) is 0 Å². The van der Waals surface area contributed by atoms with Gasteiger partial charge in [-0.3, -0.25) is 9.32 Å². The van der Waals surface area contributed by atoms with E-state index in [9.17, 15) is 14.5 Å². The van der Waals surface area contributed by atoms with Gasteiger partial charge in [-0.2, -0.15) is 0 Å². The van der Waals surface area contributed by atoms with Crippen molar-refractivity contribution in [2.24, 2.45) is 0 Å². The number of phosphoric acid groups is 1. The van der Waals surface area contributed by atoms with Crippen molar-refractivity contribution in [2.75, 3.05) is 6.61 Å². The molecule has 2 atom stereocenters. The summed E-state index contributed by atoms with van der Waals surface area (Å²) >= 11 is 0. The van der Waals surface area contributed by atoms with E-state index in [0.717, 1.165) is 38.5 Å². The number of carbonyl (C=O) groups is 1. The Balaban J connectivity index is 4.01. The number of phosphoric ester groups is 1. The fraction of sp³-hybridized carbons (Fsp3) is 0.906. The van der Waals surface area contributed by atoms with Crippen molar-refractivity contribution < 1.29 is 28.8 Å². The fourth-order valence-corrected chi connectivity index (χ4v) is 5.28. The molecule has 0 heterocycles. The van der Waals surface area contributed by atoms with Gasteiger partial charge in [0.15, 0.2) is 0 Å². The number of nitrogens with one attached hydrogen (secondary N) is 1. The molecule has 0 aromatic heterocycles. The molecular formula is C32H64NO6P. The molecule has 0 aliphatic heterocycles. The number of hydrogen-bond donors (Lipinski definition) is 4. The van der Waals surface area contributed by atoms with Gasteiger partial charge in [0.05, 0.1) is 18.8 Å². The van der Waals surface area contributed by atoms with Gasteiger partial charge in [0.2, 0.25) is 5.91 Å². The predicted octanol–water partition coefficient (Wildman–Crippen LogP) is 8.90. The number of allylic oxidation sites excluding steroid dienone is 1. The fourth-order valence-electron chi connectivity index (χ4n) is 4.93. The summed E-state index contributed by atoms with van der Waals surface area (Å²) in [5, 5.41) is 13.2. The van der Waals surface area contributed by atoms with Crippen LogP contribution in [0.2, 0.25) is 0 Å². The molecule has 0 spiro atoms. The molecular weight excluding hydrogens is 525 g/mol. The number of hydrogen-bond acceptors (Lipinski definition) is 4. The second-order valence-corrected chi connectivity index (χ2v) is 12.7. The Morgan fingerprint density at radius 2 is 1.10 bits per heavy atom. The van der Waals surface area contributed by atoms with Gasteiger partial charge in [-0.1, -0.05) is 154 Å². The average Bonchev–Trinajstić information content (AvgIpc) is 2.91. The zero-order valence-electron chi connectivity index (χ0n) is 26.0. The molecule has 0 saturated heterocycles. The van der Waals surface area contributed by atoms with Gasteiger partial charge in [-0.25, -0.2) is 4.57 Å². The normalized spacial score (nSPS) is 13.6. The zero-order chi connectivity index (χ0) is 29.7. The Hall–Kier alpha value is -0.720. The molecule has 0 rings (SSSR count). The molecule has 0 fully saturated rings. The Morgan fingerprint density at radius 3 is 1.52 bits per heavy atom. The molecule has 0 aromatic carbocycles. The zero-order valence-corrected chi connectivity index (χ0v) is 26.9. The highest BCUT2D eigenvalue weighted by Crippen LogP contribution is 2.35. The highest BCUT2D eigenvalue weighted by molar-refractivity contribution is 7.46. The lowest BCUT2D eigenvalue weighted by Gasteiger charge is -2.22. The molecule has 0 saturated carbocycles. The van der Waals surface area contributed by atoms with Gasteiger partial charge < -0.3 is 20.2 Å². The summed E-state index contributed by atoms with van der Waals surface area (Å²) < 4.78 is 15.7. The lowest BCUT2D eigenvalue weighted by Crippen LogP contribution is -2.45. The number of unbranched alkanes of at least 4 members (excludes halogenated alkanes) is 21. The first kappa shape index (κ1) is 39.3. The number of carbonyl (C=O) groups excluding carboxylic acids is 1. The summed E-state index contributed by atoms with van der Waals surface area (Å²) in [6.07, 6.45) is 31.0. The Bertz CT molecular complexity index is 639. The molecule has 0 unspecified atom stereocenters. The first-order valence-electron chi connectivity index (χ1n) is 16.6. The summed E-state index contributed by atoms with van der Waals surface area (Å²) in [6, 6.07) is -0.901. The minimum absolute atomic E-state index is 0.234. The van der Waals surface area contributed by atoms with Crippen LogP contribution < -0.4 is 5.32 Å². The summed E-state index contributed by atoms with van der Waals surface area (Å²) in [6.45, 7) is 4.00. The minimum Gasteiger partial charge on any atom is -0.387 e. The molecule has 0 bridgehead atoms. The van der Waals surface area contributed by atoms with Gasteiger partial charge in [-0.15, -0.1) is 0 Å². The summed E-state index contributed by atoms with van der Waals surface area (Å²) in [4.78, 5) is 30.5. The van der Waals surface area contributed by atoms with Gasteiger partial charge in [-0.05, 0) is 19.3 Å². The van der Waals surface area contributed by atoms with Crippen molar-refractivity contribution >= 4 is 13.7 Å². The third kappa shape index (κ3) is 28.8. The largest absolute Gasteiger partial charge is 0.469 e. The highest BCUT2D eigenvalue weighted by atomic mass is 31.2. The van der Waals surface area contributed by atoms with Crippen LogP contribution in [-0.4, -0.2) is 39.6 Å². The van der Waals surface area contributed by atoms with E-state index in [4.69, 9.17) is 9.79 Å². The maximum atomic E-state index is 12.4.